The molecule has 3 fully saturated rings. The molecule has 1 aromatic carbocycles. The van der Waals surface area contributed by atoms with E-state index in [4.69, 9.17) is 4.74 Å². The van der Waals surface area contributed by atoms with E-state index in [1.165, 1.54) is 16.9 Å². The van der Waals surface area contributed by atoms with Crippen molar-refractivity contribution in [2.75, 3.05) is 49.6 Å². The van der Waals surface area contributed by atoms with Gasteiger partial charge in [0.25, 0.3) is 12.3 Å². The minimum Gasteiger partial charge on any atom is -0.378 e. The molecule has 3 aromatic heterocycles. The lowest BCUT2D eigenvalue weighted by Crippen LogP contribution is -2.39. The Morgan fingerprint density at radius 3 is 2.53 bits per heavy atom. The van der Waals surface area contributed by atoms with Gasteiger partial charge in [-0.2, -0.15) is 10.2 Å². The molecule has 3 aliphatic rings. The van der Waals surface area contributed by atoms with Gasteiger partial charge in [0.15, 0.2) is 11.3 Å². The van der Waals surface area contributed by atoms with Crippen molar-refractivity contribution >= 4 is 34.9 Å². The van der Waals surface area contributed by atoms with Crippen LogP contribution in [0, 0.1) is 0 Å². The molecule has 13 nitrogen and oxygen atoms in total. The number of rotatable bonds is 8. The lowest BCUT2D eigenvalue weighted by atomic mass is 9.90. The van der Waals surface area contributed by atoms with Gasteiger partial charge in [0, 0.05) is 51.5 Å². The van der Waals surface area contributed by atoms with Crippen molar-refractivity contribution in [3.8, 4) is 0 Å². The van der Waals surface area contributed by atoms with Crippen LogP contribution in [0.25, 0.3) is 5.65 Å². The molecule has 3 saturated heterocycles. The number of imide groups is 1. The van der Waals surface area contributed by atoms with E-state index >= 15 is 0 Å². The largest absolute Gasteiger partial charge is 0.378 e. The van der Waals surface area contributed by atoms with Crippen molar-refractivity contribution in [3.05, 3.63) is 71.3 Å². The van der Waals surface area contributed by atoms with Gasteiger partial charge in [0.2, 0.25) is 11.8 Å². The smallest absolute Gasteiger partial charge is 0.284 e. The van der Waals surface area contributed by atoms with E-state index in [1.54, 1.807) is 10.9 Å². The van der Waals surface area contributed by atoms with Crippen LogP contribution in [0.2, 0.25) is 0 Å². The molecule has 0 saturated carbocycles. The molecule has 7 rings (SSSR count). The molecule has 2 N–H and O–H groups in total. The van der Waals surface area contributed by atoms with E-state index in [9.17, 15) is 23.2 Å². The van der Waals surface area contributed by atoms with Crippen molar-refractivity contribution in [1.82, 2.24) is 34.6 Å². The zero-order valence-corrected chi connectivity index (χ0v) is 25.6. The molecule has 15 heteroatoms. The van der Waals surface area contributed by atoms with E-state index in [-0.39, 0.29) is 35.0 Å². The van der Waals surface area contributed by atoms with E-state index < -0.39 is 18.0 Å². The number of fused-ring (bicyclic) bond motifs is 1. The number of hydrogen-bond donors (Lipinski definition) is 2. The summed E-state index contributed by atoms with van der Waals surface area (Å²) in [6.07, 6.45) is 3.98. The number of benzene rings is 1. The van der Waals surface area contributed by atoms with E-state index in [0.29, 0.717) is 70.0 Å². The standard InChI is InChI=1S/C32H35F2N9O4/c33-29(34)28-25(36-32(46)24-17-35-42-12-9-26(37-30(24)42)41-13-15-47-16-14-41)19-43(39-28)22-7-10-40(11-8-22)18-20-1-3-21(4-2-20)23-5-6-27(44)38-31(23)45/h1-4,9,12,17,19,22-23,29H,5-8,10-11,13-16,18H2,(H,36,46)(H,38,44,45). The topological polar surface area (TPSA) is 139 Å². The maximum absolute atomic E-state index is 14.1. The highest BCUT2D eigenvalue weighted by atomic mass is 19.3. The molecule has 3 aliphatic heterocycles. The SMILES string of the molecule is O=C1CCC(c2ccc(CN3CCC(n4cc(NC(=O)c5cnn6ccc(N7CCOCC7)nc56)c(C(F)F)n4)CC3)cc2)C(=O)N1. The predicted octanol–water partition coefficient (Wildman–Crippen LogP) is 3.31. The average Bonchev–Trinajstić information content (AvgIpc) is 3.70. The number of carbonyl (C=O) groups excluding carboxylic acids is 3. The van der Waals surface area contributed by atoms with E-state index in [1.807, 2.05) is 30.3 Å². The summed E-state index contributed by atoms with van der Waals surface area (Å²) < 4.78 is 36.6. The van der Waals surface area contributed by atoms with E-state index in [0.717, 1.165) is 24.2 Å². The predicted molar refractivity (Wildman–Crippen MR) is 166 cm³/mol. The van der Waals surface area contributed by atoms with Crippen LogP contribution in [0.5, 0.6) is 0 Å². The highest BCUT2D eigenvalue weighted by Gasteiger charge is 2.29. The Labute approximate surface area is 268 Å². The second-order valence-corrected chi connectivity index (χ2v) is 12.1. The minimum absolute atomic E-state index is 0.0350. The summed E-state index contributed by atoms with van der Waals surface area (Å²) in [5.74, 6) is -0.701. The fourth-order valence-corrected chi connectivity index (χ4v) is 6.49. The van der Waals surface area contributed by atoms with Gasteiger partial charge in [-0.25, -0.2) is 18.3 Å². The Kier molecular flexibility index (Phi) is 8.64. The average molecular weight is 648 g/mol. The maximum Gasteiger partial charge on any atom is 0.284 e. The summed E-state index contributed by atoms with van der Waals surface area (Å²) in [7, 11) is 0. The Morgan fingerprint density at radius 1 is 1.04 bits per heavy atom. The monoisotopic (exact) mass is 647 g/mol. The van der Waals surface area contributed by atoms with Gasteiger partial charge >= 0.3 is 0 Å². The summed E-state index contributed by atoms with van der Waals surface area (Å²) in [6, 6.07) is 9.62. The lowest BCUT2D eigenvalue weighted by Gasteiger charge is -2.32. The first-order valence-corrected chi connectivity index (χ1v) is 15.8. The Bertz CT molecular complexity index is 1780. The van der Waals surface area contributed by atoms with Crippen molar-refractivity contribution < 1.29 is 27.9 Å². The van der Waals surface area contributed by atoms with Crippen molar-refractivity contribution in [2.24, 2.45) is 0 Å². The van der Waals surface area contributed by atoms with Crippen LogP contribution in [-0.4, -0.2) is 86.4 Å². The first-order chi connectivity index (χ1) is 22.8. The molecular weight excluding hydrogens is 612 g/mol. The molecule has 246 valence electrons. The van der Waals surface area contributed by atoms with Crippen LogP contribution in [0.3, 0.4) is 0 Å². The number of piperidine rings is 2. The molecular formula is C32H35F2N9O4. The molecule has 1 unspecified atom stereocenters. The Morgan fingerprint density at radius 2 is 1.81 bits per heavy atom. The van der Waals surface area contributed by atoms with Gasteiger partial charge in [-0.05, 0) is 36.5 Å². The fourth-order valence-electron chi connectivity index (χ4n) is 6.49. The van der Waals surface area contributed by atoms with Crippen LogP contribution in [0.4, 0.5) is 20.3 Å². The van der Waals surface area contributed by atoms with Crippen molar-refractivity contribution in [3.63, 3.8) is 0 Å². The molecule has 0 radical (unpaired) electrons. The number of alkyl halides is 2. The second-order valence-electron chi connectivity index (χ2n) is 12.1. The molecule has 6 heterocycles. The number of nitrogens with zero attached hydrogens (tertiary/aromatic N) is 7. The normalized spacial score (nSPS) is 19.8. The number of halogens is 2. The zero-order valence-electron chi connectivity index (χ0n) is 25.6. The third-order valence-corrected chi connectivity index (χ3v) is 9.11. The number of hydrogen-bond acceptors (Lipinski definition) is 9. The van der Waals surface area contributed by atoms with Crippen molar-refractivity contribution in [1.29, 1.82) is 0 Å². The number of anilines is 2. The van der Waals surface area contributed by atoms with E-state index in [2.05, 4.69) is 35.6 Å². The van der Waals surface area contributed by atoms with Crippen LogP contribution in [0.1, 0.15) is 71.2 Å². The molecule has 0 aliphatic carbocycles. The molecule has 1 atom stereocenters. The summed E-state index contributed by atoms with van der Waals surface area (Å²) in [5.41, 5.74) is 1.98. The van der Waals surface area contributed by atoms with Gasteiger partial charge < -0.3 is 15.0 Å². The first kappa shape index (κ1) is 30.9. The third-order valence-electron chi connectivity index (χ3n) is 9.11. The van der Waals surface area contributed by atoms with Gasteiger partial charge in [-0.3, -0.25) is 29.3 Å². The summed E-state index contributed by atoms with van der Waals surface area (Å²) in [4.78, 5) is 46.0. The second kappa shape index (κ2) is 13.2. The number of ether oxygens (including phenoxy) is 1. The Balaban J connectivity index is 0.985. The van der Waals surface area contributed by atoms with Gasteiger partial charge in [0.05, 0.1) is 37.1 Å². The summed E-state index contributed by atoms with van der Waals surface area (Å²) >= 11 is 0. The van der Waals surface area contributed by atoms with Crippen LogP contribution in [0.15, 0.2) is 48.9 Å². The van der Waals surface area contributed by atoms with Crippen LogP contribution in [-0.2, 0) is 20.9 Å². The number of aromatic nitrogens is 5. The highest BCUT2D eigenvalue weighted by Crippen LogP contribution is 2.31. The van der Waals surface area contributed by atoms with Crippen LogP contribution >= 0.6 is 0 Å². The molecule has 4 aromatic rings. The summed E-state index contributed by atoms with van der Waals surface area (Å²) in [5, 5.41) is 13.5. The molecule has 0 bridgehead atoms. The molecule has 47 heavy (non-hydrogen) atoms. The fraction of sp³-hybridized carbons (Fsp3) is 0.438. The number of amides is 3. The lowest BCUT2D eigenvalue weighted by molar-refractivity contribution is -0.134. The zero-order chi connectivity index (χ0) is 32.5. The molecule has 3 amide bonds. The quantitative estimate of drug-likeness (QED) is 0.276. The maximum atomic E-state index is 14.1. The Hall–Kier alpha value is -4.76. The van der Waals surface area contributed by atoms with Gasteiger partial charge in [0.1, 0.15) is 11.4 Å². The first-order valence-electron chi connectivity index (χ1n) is 15.8. The number of likely N-dealkylation sites (tertiary alicyclic amines) is 1. The highest BCUT2D eigenvalue weighted by molar-refractivity contribution is 6.08. The number of carbonyl (C=O) groups is 3. The number of morpholine rings is 1. The molecule has 0 spiro atoms. The van der Waals surface area contributed by atoms with Crippen LogP contribution < -0.4 is 15.5 Å². The minimum atomic E-state index is -2.87. The van der Waals surface area contributed by atoms with Crippen molar-refractivity contribution in [2.45, 2.75) is 50.6 Å². The van der Waals surface area contributed by atoms with Gasteiger partial charge in [-0.1, -0.05) is 24.3 Å². The third kappa shape index (κ3) is 6.58. The summed E-state index contributed by atoms with van der Waals surface area (Å²) in [6.45, 7) is 4.71. The van der Waals surface area contributed by atoms with Gasteiger partial charge in [-0.15, -0.1) is 0 Å². The number of nitrogens with one attached hydrogen (secondary N) is 2.